The summed E-state index contributed by atoms with van der Waals surface area (Å²) in [5.41, 5.74) is 6.64. The van der Waals surface area contributed by atoms with E-state index >= 15 is 0 Å². The van der Waals surface area contributed by atoms with Crippen molar-refractivity contribution < 1.29 is 4.74 Å². The summed E-state index contributed by atoms with van der Waals surface area (Å²) in [7, 11) is 0. The van der Waals surface area contributed by atoms with Gasteiger partial charge in [-0.3, -0.25) is 0 Å². The molecular formula is C13H14BrN3O. The number of nitrogen functional groups attached to an aromatic ring is 1. The minimum atomic E-state index is 0.430. The summed E-state index contributed by atoms with van der Waals surface area (Å²) in [6.07, 6.45) is 2.63. The highest BCUT2D eigenvalue weighted by atomic mass is 79.9. The zero-order valence-electron chi connectivity index (χ0n) is 10.1. The first kappa shape index (κ1) is 12.8. The highest BCUT2D eigenvalue weighted by molar-refractivity contribution is 9.10. The van der Waals surface area contributed by atoms with Crippen molar-refractivity contribution in [2.75, 3.05) is 12.3 Å². The molecular weight excluding hydrogens is 294 g/mol. The topological polar surface area (TPSA) is 61.0 Å². The summed E-state index contributed by atoms with van der Waals surface area (Å²) in [5.74, 6) is 1.84. The number of aromatic nitrogens is 2. The first-order valence-corrected chi connectivity index (χ1v) is 6.51. The van der Waals surface area contributed by atoms with Crippen LogP contribution < -0.4 is 10.5 Å². The summed E-state index contributed by atoms with van der Waals surface area (Å²) >= 11 is 3.28. The Labute approximate surface area is 114 Å². The van der Waals surface area contributed by atoms with E-state index in [-0.39, 0.29) is 0 Å². The standard InChI is InChI=1S/C13H14BrN3O/c1-2-6-18-10-5-3-4-9(7-10)13-16-8-11(14)12(15)17-13/h3-5,7-8H,2,6H2,1H3,(H2,15,16,17). The Morgan fingerprint density at radius 1 is 1.39 bits per heavy atom. The van der Waals surface area contributed by atoms with Crippen LogP contribution >= 0.6 is 15.9 Å². The van der Waals surface area contributed by atoms with Crippen molar-refractivity contribution in [3.8, 4) is 17.1 Å². The fourth-order valence-electron chi connectivity index (χ4n) is 1.46. The molecule has 4 nitrogen and oxygen atoms in total. The van der Waals surface area contributed by atoms with Crippen LogP contribution in [0.1, 0.15) is 13.3 Å². The molecule has 0 atom stereocenters. The van der Waals surface area contributed by atoms with Gasteiger partial charge in [0.2, 0.25) is 0 Å². The van der Waals surface area contributed by atoms with Crippen LogP contribution in [0.3, 0.4) is 0 Å². The van der Waals surface area contributed by atoms with E-state index in [4.69, 9.17) is 10.5 Å². The summed E-state index contributed by atoms with van der Waals surface area (Å²) in [4.78, 5) is 8.47. The van der Waals surface area contributed by atoms with Crippen molar-refractivity contribution >= 4 is 21.7 Å². The maximum Gasteiger partial charge on any atom is 0.161 e. The van der Waals surface area contributed by atoms with Crippen LogP contribution in [0.5, 0.6) is 5.75 Å². The summed E-state index contributed by atoms with van der Waals surface area (Å²) < 4.78 is 6.27. The Kier molecular flexibility index (Phi) is 4.15. The van der Waals surface area contributed by atoms with E-state index in [9.17, 15) is 0 Å². The molecule has 0 bridgehead atoms. The minimum absolute atomic E-state index is 0.430. The second-order valence-electron chi connectivity index (χ2n) is 3.80. The number of nitrogens with two attached hydrogens (primary N) is 1. The monoisotopic (exact) mass is 307 g/mol. The summed E-state index contributed by atoms with van der Waals surface area (Å²) in [6, 6.07) is 7.68. The number of nitrogens with zero attached hydrogens (tertiary/aromatic N) is 2. The highest BCUT2D eigenvalue weighted by Crippen LogP contribution is 2.24. The van der Waals surface area contributed by atoms with Crippen molar-refractivity contribution in [1.29, 1.82) is 0 Å². The van der Waals surface area contributed by atoms with Gasteiger partial charge in [-0.2, -0.15) is 0 Å². The first-order valence-electron chi connectivity index (χ1n) is 5.72. The van der Waals surface area contributed by atoms with Gasteiger partial charge in [0.05, 0.1) is 11.1 Å². The van der Waals surface area contributed by atoms with Crippen molar-refractivity contribution in [3.63, 3.8) is 0 Å². The van der Waals surface area contributed by atoms with Gasteiger partial charge in [-0.05, 0) is 34.5 Å². The van der Waals surface area contributed by atoms with Crippen LogP contribution in [0.15, 0.2) is 34.9 Å². The van der Waals surface area contributed by atoms with Crippen LogP contribution in [0.25, 0.3) is 11.4 Å². The van der Waals surface area contributed by atoms with Crippen LogP contribution in [-0.2, 0) is 0 Å². The Bertz CT molecular complexity index is 546. The minimum Gasteiger partial charge on any atom is -0.494 e. The molecule has 94 valence electrons. The van der Waals surface area contributed by atoms with Gasteiger partial charge in [0.1, 0.15) is 11.6 Å². The van der Waals surface area contributed by atoms with E-state index < -0.39 is 0 Å². The van der Waals surface area contributed by atoms with Gasteiger partial charge >= 0.3 is 0 Å². The lowest BCUT2D eigenvalue weighted by Crippen LogP contribution is -1.98. The molecule has 0 aliphatic carbocycles. The van der Waals surface area contributed by atoms with Gasteiger partial charge in [0.15, 0.2) is 5.82 Å². The van der Waals surface area contributed by atoms with E-state index in [0.29, 0.717) is 22.7 Å². The molecule has 1 aromatic carbocycles. The van der Waals surface area contributed by atoms with Gasteiger partial charge in [0, 0.05) is 11.8 Å². The third-order valence-corrected chi connectivity index (χ3v) is 2.95. The highest BCUT2D eigenvalue weighted by Gasteiger charge is 2.05. The fraction of sp³-hybridized carbons (Fsp3) is 0.231. The molecule has 0 unspecified atom stereocenters. The number of benzene rings is 1. The summed E-state index contributed by atoms with van der Waals surface area (Å²) in [6.45, 7) is 2.77. The van der Waals surface area contributed by atoms with Crippen molar-refractivity contribution in [2.24, 2.45) is 0 Å². The number of halogens is 1. The number of rotatable bonds is 4. The Hall–Kier alpha value is -1.62. The van der Waals surface area contributed by atoms with Gasteiger partial charge in [-0.1, -0.05) is 19.1 Å². The van der Waals surface area contributed by atoms with Crippen molar-refractivity contribution in [1.82, 2.24) is 9.97 Å². The predicted molar refractivity (Wildman–Crippen MR) is 75.4 cm³/mol. The lowest BCUT2D eigenvalue weighted by atomic mass is 10.2. The van der Waals surface area contributed by atoms with Gasteiger partial charge < -0.3 is 10.5 Å². The molecule has 0 fully saturated rings. The second-order valence-corrected chi connectivity index (χ2v) is 4.66. The SMILES string of the molecule is CCCOc1cccc(-c2ncc(Br)c(N)n2)c1. The van der Waals surface area contributed by atoms with Crippen LogP contribution in [0.4, 0.5) is 5.82 Å². The molecule has 2 N–H and O–H groups in total. The van der Waals surface area contributed by atoms with Crippen molar-refractivity contribution in [2.45, 2.75) is 13.3 Å². The molecule has 18 heavy (non-hydrogen) atoms. The number of anilines is 1. The normalized spacial score (nSPS) is 10.3. The van der Waals surface area contributed by atoms with E-state index in [1.807, 2.05) is 24.3 Å². The smallest absolute Gasteiger partial charge is 0.161 e. The molecule has 5 heteroatoms. The molecule has 0 saturated carbocycles. The van der Waals surface area contributed by atoms with E-state index in [1.165, 1.54) is 0 Å². The largest absolute Gasteiger partial charge is 0.494 e. The van der Waals surface area contributed by atoms with Crippen LogP contribution in [0.2, 0.25) is 0 Å². The molecule has 0 aliphatic rings. The van der Waals surface area contributed by atoms with E-state index in [1.54, 1.807) is 6.20 Å². The molecule has 2 rings (SSSR count). The Morgan fingerprint density at radius 3 is 2.94 bits per heavy atom. The second kappa shape index (κ2) is 5.82. The molecule has 0 saturated heterocycles. The molecule has 0 aliphatic heterocycles. The van der Waals surface area contributed by atoms with E-state index in [2.05, 4.69) is 32.8 Å². The Morgan fingerprint density at radius 2 is 2.22 bits per heavy atom. The van der Waals surface area contributed by atoms with Gasteiger partial charge in [-0.25, -0.2) is 9.97 Å². The molecule has 0 radical (unpaired) electrons. The maximum atomic E-state index is 5.75. The number of hydrogen-bond acceptors (Lipinski definition) is 4. The average Bonchev–Trinajstić information content (AvgIpc) is 2.40. The molecule has 1 heterocycles. The molecule has 0 spiro atoms. The maximum absolute atomic E-state index is 5.75. The Balaban J connectivity index is 2.29. The lowest BCUT2D eigenvalue weighted by Gasteiger charge is -2.07. The third kappa shape index (κ3) is 2.98. The zero-order chi connectivity index (χ0) is 13.0. The first-order chi connectivity index (χ1) is 8.70. The van der Waals surface area contributed by atoms with Gasteiger partial charge in [-0.15, -0.1) is 0 Å². The van der Waals surface area contributed by atoms with Crippen LogP contribution in [-0.4, -0.2) is 16.6 Å². The van der Waals surface area contributed by atoms with Gasteiger partial charge in [0.25, 0.3) is 0 Å². The molecule has 2 aromatic rings. The fourth-order valence-corrected chi connectivity index (χ4v) is 1.66. The van der Waals surface area contributed by atoms with Crippen molar-refractivity contribution in [3.05, 3.63) is 34.9 Å². The predicted octanol–water partition coefficient (Wildman–Crippen LogP) is 3.28. The number of hydrogen-bond donors (Lipinski definition) is 1. The lowest BCUT2D eigenvalue weighted by molar-refractivity contribution is 0.317. The summed E-state index contributed by atoms with van der Waals surface area (Å²) in [5, 5.41) is 0. The number of ether oxygens (including phenoxy) is 1. The quantitative estimate of drug-likeness (QED) is 0.941. The van der Waals surface area contributed by atoms with E-state index in [0.717, 1.165) is 17.7 Å². The zero-order valence-corrected chi connectivity index (χ0v) is 11.6. The van der Waals surface area contributed by atoms with Crippen LogP contribution in [0, 0.1) is 0 Å². The average molecular weight is 308 g/mol. The third-order valence-electron chi connectivity index (χ3n) is 2.34. The molecule has 1 aromatic heterocycles. The molecule has 0 amide bonds.